The van der Waals surface area contributed by atoms with Crippen LogP contribution in [0.2, 0.25) is 0 Å². The van der Waals surface area contributed by atoms with Crippen LogP contribution in [0, 0.1) is 0 Å². The molecule has 0 aromatic carbocycles. The SMILES string of the molecule is O=C(O)OC(=O)CCOCC(=O)OC(=O)O. The Morgan fingerprint density at radius 1 is 0.875 bits per heavy atom. The van der Waals surface area contributed by atoms with Crippen molar-refractivity contribution in [2.75, 3.05) is 13.2 Å². The zero-order valence-electron chi connectivity index (χ0n) is 7.87. The van der Waals surface area contributed by atoms with Crippen LogP contribution in [-0.2, 0) is 23.8 Å². The van der Waals surface area contributed by atoms with Crippen LogP contribution in [0.25, 0.3) is 0 Å². The van der Waals surface area contributed by atoms with E-state index >= 15 is 0 Å². The first kappa shape index (κ1) is 13.8. The lowest BCUT2D eigenvalue weighted by atomic mass is 10.5. The van der Waals surface area contributed by atoms with Gasteiger partial charge in [0.1, 0.15) is 6.61 Å². The molecular formula is C7H8O9. The van der Waals surface area contributed by atoms with Gasteiger partial charge in [0.25, 0.3) is 0 Å². The molecule has 0 fully saturated rings. The van der Waals surface area contributed by atoms with E-state index in [0.29, 0.717) is 0 Å². The van der Waals surface area contributed by atoms with Gasteiger partial charge in [0.05, 0.1) is 13.0 Å². The number of esters is 2. The molecule has 0 aliphatic rings. The summed E-state index contributed by atoms with van der Waals surface area (Å²) in [5, 5.41) is 16.0. The highest BCUT2D eigenvalue weighted by Crippen LogP contribution is 1.90. The van der Waals surface area contributed by atoms with Crippen LogP contribution in [0.15, 0.2) is 0 Å². The van der Waals surface area contributed by atoms with Crippen molar-refractivity contribution in [2.45, 2.75) is 6.42 Å². The maximum atomic E-state index is 10.6. The number of ether oxygens (including phenoxy) is 3. The molecule has 0 amide bonds. The average molecular weight is 236 g/mol. The van der Waals surface area contributed by atoms with Gasteiger partial charge in [-0.3, -0.25) is 4.79 Å². The molecule has 0 saturated heterocycles. The number of rotatable bonds is 5. The zero-order chi connectivity index (χ0) is 12.6. The largest absolute Gasteiger partial charge is 0.513 e. The van der Waals surface area contributed by atoms with E-state index in [1.165, 1.54) is 0 Å². The molecule has 0 saturated carbocycles. The van der Waals surface area contributed by atoms with Crippen molar-refractivity contribution in [3.05, 3.63) is 0 Å². The van der Waals surface area contributed by atoms with Crippen molar-refractivity contribution in [3.8, 4) is 0 Å². The Balaban J connectivity index is 3.53. The molecule has 16 heavy (non-hydrogen) atoms. The molecule has 0 aliphatic carbocycles. The topological polar surface area (TPSA) is 136 Å². The van der Waals surface area contributed by atoms with Crippen LogP contribution >= 0.6 is 0 Å². The fraction of sp³-hybridized carbons (Fsp3) is 0.429. The van der Waals surface area contributed by atoms with Gasteiger partial charge in [0.2, 0.25) is 0 Å². The van der Waals surface area contributed by atoms with Crippen molar-refractivity contribution < 1.29 is 43.6 Å². The normalized spacial score (nSPS) is 9.25. The average Bonchev–Trinajstić information content (AvgIpc) is 2.10. The van der Waals surface area contributed by atoms with Crippen molar-refractivity contribution >= 4 is 24.2 Å². The summed E-state index contributed by atoms with van der Waals surface area (Å²) in [6.07, 6.45) is -3.89. The fourth-order valence-corrected chi connectivity index (χ4v) is 0.586. The minimum absolute atomic E-state index is 0.291. The summed E-state index contributed by atoms with van der Waals surface area (Å²) in [7, 11) is 0. The van der Waals surface area contributed by atoms with Crippen LogP contribution in [-0.4, -0.2) is 47.7 Å². The maximum Gasteiger partial charge on any atom is 0.513 e. The van der Waals surface area contributed by atoms with Crippen LogP contribution in [0.3, 0.4) is 0 Å². The summed E-state index contributed by atoms with van der Waals surface area (Å²) in [4.78, 5) is 40.8. The van der Waals surface area contributed by atoms with Gasteiger partial charge in [-0.15, -0.1) is 0 Å². The van der Waals surface area contributed by atoms with Gasteiger partial charge in [0, 0.05) is 0 Å². The third-order valence-electron chi connectivity index (χ3n) is 1.07. The van der Waals surface area contributed by atoms with Gasteiger partial charge in [-0.05, 0) is 0 Å². The summed E-state index contributed by atoms with van der Waals surface area (Å²) < 4.78 is 11.9. The Morgan fingerprint density at radius 3 is 1.88 bits per heavy atom. The third-order valence-corrected chi connectivity index (χ3v) is 1.07. The van der Waals surface area contributed by atoms with Gasteiger partial charge >= 0.3 is 24.2 Å². The zero-order valence-corrected chi connectivity index (χ0v) is 7.87. The smallest absolute Gasteiger partial charge is 0.449 e. The van der Waals surface area contributed by atoms with E-state index in [-0.39, 0.29) is 13.0 Å². The second-order valence-corrected chi connectivity index (χ2v) is 2.28. The number of carboxylic acid groups (broad SMARTS) is 2. The summed E-state index contributed by atoms with van der Waals surface area (Å²) >= 11 is 0. The van der Waals surface area contributed by atoms with Crippen LogP contribution in [0.5, 0.6) is 0 Å². The molecule has 0 aromatic heterocycles. The molecule has 0 aliphatic heterocycles. The quantitative estimate of drug-likeness (QED) is 0.378. The highest BCUT2D eigenvalue weighted by Gasteiger charge is 2.10. The number of carbonyl (C=O) groups excluding carboxylic acids is 2. The molecule has 9 nitrogen and oxygen atoms in total. The van der Waals surface area contributed by atoms with Crippen molar-refractivity contribution in [1.29, 1.82) is 0 Å². The van der Waals surface area contributed by atoms with Crippen molar-refractivity contribution in [1.82, 2.24) is 0 Å². The van der Waals surface area contributed by atoms with Gasteiger partial charge in [-0.25, -0.2) is 14.4 Å². The maximum absolute atomic E-state index is 10.6. The molecule has 0 spiro atoms. The Bertz CT molecular complexity index is 264. The van der Waals surface area contributed by atoms with E-state index in [1.807, 2.05) is 0 Å². The highest BCUT2D eigenvalue weighted by molar-refractivity contribution is 5.82. The van der Waals surface area contributed by atoms with Gasteiger partial charge in [0.15, 0.2) is 0 Å². The fourth-order valence-electron chi connectivity index (χ4n) is 0.586. The minimum Gasteiger partial charge on any atom is -0.449 e. The van der Waals surface area contributed by atoms with Crippen molar-refractivity contribution in [3.63, 3.8) is 0 Å². The highest BCUT2D eigenvalue weighted by atomic mass is 16.7. The second-order valence-electron chi connectivity index (χ2n) is 2.28. The lowest BCUT2D eigenvalue weighted by Gasteiger charge is -2.01. The van der Waals surface area contributed by atoms with E-state index < -0.39 is 30.9 Å². The molecule has 9 heteroatoms. The predicted molar refractivity (Wildman–Crippen MR) is 43.7 cm³/mol. The summed E-state index contributed by atoms with van der Waals surface area (Å²) in [6, 6.07) is 0. The lowest BCUT2D eigenvalue weighted by Crippen LogP contribution is -2.18. The minimum atomic E-state index is -1.76. The molecule has 0 bridgehead atoms. The van der Waals surface area contributed by atoms with Crippen molar-refractivity contribution in [2.24, 2.45) is 0 Å². The first-order valence-corrected chi connectivity index (χ1v) is 3.86. The molecule has 0 aromatic rings. The molecule has 0 atom stereocenters. The van der Waals surface area contributed by atoms with E-state index in [1.54, 1.807) is 0 Å². The summed E-state index contributed by atoms with van der Waals surface area (Å²) in [5.74, 6) is -2.18. The Kier molecular flexibility index (Phi) is 6.21. The van der Waals surface area contributed by atoms with Gasteiger partial charge in [-0.2, -0.15) is 0 Å². The first-order chi connectivity index (χ1) is 7.41. The monoisotopic (exact) mass is 236 g/mol. The van der Waals surface area contributed by atoms with Crippen LogP contribution < -0.4 is 0 Å². The lowest BCUT2D eigenvalue weighted by molar-refractivity contribution is -0.147. The third kappa shape index (κ3) is 8.44. The van der Waals surface area contributed by atoms with Gasteiger partial charge < -0.3 is 24.4 Å². The van der Waals surface area contributed by atoms with E-state index in [4.69, 9.17) is 10.2 Å². The van der Waals surface area contributed by atoms with E-state index in [2.05, 4.69) is 14.2 Å². The van der Waals surface area contributed by atoms with Gasteiger partial charge in [-0.1, -0.05) is 0 Å². The molecular weight excluding hydrogens is 228 g/mol. The Hall–Kier alpha value is -2.16. The first-order valence-electron chi connectivity index (χ1n) is 3.86. The molecule has 0 heterocycles. The second kappa shape index (κ2) is 7.17. The molecule has 90 valence electrons. The summed E-state index contributed by atoms with van der Waals surface area (Å²) in [6.45, 7) is -0.951. The standard InChI is InChI=1S/C7H8O9/c8-4(15-6(10)11)1-2-14-3-5(9)16-7(12)13/h1-3H2,(H,10,11)(H,12,13). The van der Waals surface area contributed by atoms with Crippen LogP contribution in [0.4, 0.5) is 9.59 Å². The number of hydrogen-bond acceptors (Lipinski definition) is 7. The molecule has 0 radical (unpaired) electrons. The molecule has 0 unspecified atom stereocenters. The van der Waals surface area contributed by atoms with E-state index in [9.17, 15) is 19.2 Å². The molecule has 0 rings (SSSR count). The number of carbonyl (C=O) groups is 4. The molecule has 2 N–H and O–H groups in total. The number of hydrogen-bond donors (Lipinski definition) is 2. The van der Waals surface area contributed by atoms with Crippen LogP contribution in [0.1, 0.15) is 6.42 Å². The Morgan fingerprint density at radius 2 is 1.38 bits per heavy atom. The Labute approximate surface area is 88.5 Å². The predicted octanol–water partition coefficient (Wildman–Crippen LogP) is -0.164. The summed E-state index contributed by atoms with van der Waals surface area (Å²) in [5.41, 5.74) is 0. The van der Waals surface area contributed by atoms with E-state index in [0.717, 1.165) is 0 Å².